The molecule has 5 nitrogen and oxygen atoms in total. The van der Waals surface area contributed by atoms with Crippen LogP contribution in [0.2, 0.25) is 0 Å². The van der Waals surface area contributed by atoms with E-state index in [0.717, 1.165) is 10.9 Å². The smallest absolute Gasteiger partial charge is 0.255 e. The summed E-state index contributed by atoms with van der Waals surface area (Å²) in [6.45, 7) is 5.66. The minimum atomic E-state index is -0.451. The highest BCUT2D eigenvalue weighted by molar-refractivity contribution is 6.06. The third kappa shape index (κ3) is 3.55. The average Bonchev–Trinajstić information content (AvgIpc) is 2.96. The maximum absolute atomic E-state index is 12.4. The number of hydrogen-bond acceptors (Lipinski definition) is 3. The predicted molar refractivity (Wildman–Crippen MR) is 101 cm³/mol. The van der Waals surface area contributed by atoms with E-state index in [1.54, 1.807) is 30.3 Å². The number of anilines is 2. The molecule has 0 radical (unpaired) electrons. The van der Waals surface area contributed by atoms with E-state index < -0.39 is 5.41 Å². The topological polar surface area (TPSA) is 88.0 Å². The summed E-state index contributed by atoms with van der Waals surface area (Å²) in [7, 11) is 0. The average molecular weight is 335 g/mol. The van der Waals surface area contributed by atoms with E-state index in [9.17, 15) is 9.59 Å². The highest BCUT2D eigenvalue weighted by Gasteiger charge is 2.24. The number of aromatic nitrogens is 1. The Morgan fingerprint density at radius 1 is 1.00 bits per heavy atom. The maximum Gasteiger partial charge on any atom is 0.255 e. The number of nitrogens with one attached hydrogen (secondary N) is 2. The van der Waals surface area contributed by atoms with Gasteiger partial charge in [0.1, 0.15) is 0 Å². The van der Waals surface area contributed by atoms with E-state index in [-0.39, 0.29) is 11.7 Å². The van der Waals surface area contributed by atoms with Gasteiger partial charge in [-0.25, -0.2) is 0 Å². The number of Topliss-reactive ketones (excluding diaryl/α,β-unsaturated/α-hetero) is 1. The number of ketones is 1. The molecule has 0 bridgehead atoms. The summed E-state index contributed by atoms with van der Waals surface area (Å²) in [5.41, 5.74) is 8.43. The van der Waals surface area contributed by atoms with Gasteiger partial charge in [-0.05, 0) is 48.5 Å². The minimum absolute atomic E-state index is 0.0520. The second kappa shape index (κ2) is 6.09. The van der Waals surface area contributed by atoms with Crippen molar-refractivity contribution in [3.8, 4) is 0 Å². The normalized spacial score (nSPS) is 11.5. The number of benzene rings is 2. The van der Waals surface area contributed by atoms with E-state index in [1.807, 2.05) is 39.0 Å². The SMILES string of the molecule is CC(C)(C)C(=O)c1cc2cc(NC(=O)c3ccc(N)cc3)ccc2[nH]1. The molecule has 5 heteroatoms. The molecule has 0 aliphatic carbocycles. The Balaban J connectivity index is 1.85. The Morgan fingerprint density at radius 3 is 2.32 bits per heavy atom. The van der Waals surface area contributed by atoms with Crippen molar-refractivity contribution in [3.05, 3.63) is 59.8 Å². The number of carbonyl (C=O) groups is 2. The summed E-state index contributed by atoms with van der Waals surface area (Å²) < 4.78 is 0. The number of H-pyrrole nitrogens is 1. The van der Waals surface area contributed by atoms with Crippen LogP contribution < -0.4 is 11.1 Å². The molecule has 2 aromatic carbocycles. The van der Waals surface area contributed by atoms with Crippen molar-refractivity contribution in [1.82, 2.24) is 4.98 Å². The molecule has 1 amide bonds. The van der Waals surface area contributed by atoms with Gasteiger partial charge in [0.05, 0.1) is 5.69 Å². The molecule has 0 aliphatic heterocycles. The van der Waals surface area contributed by atoms with Crippen LogP contribution in [0.3, 0.4) is 0 Å². The van der Waals surface area contributed by atoms with Gasteiger partial charge in [0.15, 0.2) is 5.78 Å². The van der Waals surface area contributed by atoms with Gasteiger partial charge < -0.3 is 16.0 Å². The molecule has 1 heterocycles. The van der Waals surface area contributed by atoms with Crippen molar-refractivity contribution in [2.45, 2.75) is 20.8 Å². The van der Waals surface area contributed by atoms with E-state index >= 15 is 0 Å². The lowest BCUT2D eigenvalue weighted by Gasteiger charge is -2.14. The number of amides is 1. The Hall–Kier alpha value is -3.08. The van der Waals surface area contributed by atoms with Crippen LogP contribution in [0.15, 0.2) is 48.5 Å². The highest BCUT2D eigenvalue weighted by atomic mass is 16.1. The fraction of sp³-hybridized carbons (Fsp3) is 0.200. The first-order valence-corrected chi connectivity index (χ1v) is 8.08. The van der Waals surface area contributed by atoms with Crippen LogP contribution in [0.5, 0.6) is 0 Å². The molecule has 128 valence electrons. The van der Waals surface area contributed by atoms with Crippen LogP contribution in [-0.4, -0.2) is 16.7 Å². The van der Waals surface area contributed by atoms with Crippen molar-refractivity contribution in [2.75, 3.05) is 11.1 Å². The maximum atomic E-state index is 12.4. The summed E-state index contributed by atoms with van der Waals surface area (Å²) in [6, 6.07) is 14.1. The van der Waals surface area contributed by atoms with Gasteiger partial charge in [0, 0.05) is 33.3 Å². The highest BCUT2D eigenvalue weighted by Crippen LogP contribution is 2.25. The number of hydrogen-bond donors (Lipinski definition) is 3. The Labute approximate surface area is 146 Å². The zero-order chi connectivity index (χ0) is 18.2. The van der Waals surface area contributed by atoms with Crippen LogP contribution in [0.25, 0.3) is 10.9 Å². The summed E-state index contributed by atoms with van der Waals surface area (Å²) in [5, 5.41) is 3.74. The Kier molecular flexibility index (Phi) is 4.08. The summed E-state index contributed by atoms with van der Waals surface area (Å²) in [5.74, 6) is -0.156. The van der Waals surface area contributed by atoms with Gasteiger partial charge >= 0.3 is 0 Å². The van der Waals surface area contributed by atoms with Crippen molar-refractivity contribution >= 4 is 34.0 Å². The van der Waals surface area contributed by atoms with Crippen LogP contribution in [-0.2, 0) is 0 Å². The van der Waals surface area contributed by atoms with Gasteiger partial charge in [-0.15, -0.1) is 0 Å². The van der Waals surface area contributed by atoms with E-state index in [4.69, 9.17) is 5.73 Å². The standard InChI is InChI=1S/C20H21N3O2/c1-20(2,3)18(24)17-11-13-10-15(8-9-16(13)23-17)22-19(25)12-4-6-14(21)7-5-12/h4-11,23H,21H2,1-3H3,(H,22,25). The second-order valence-electron chi connectivity index (χ2n) is 7.14. The molecule has 25 heavy (non-hydrogen) atoms. The second-order valence-corrected chi connectivity index (χ2v) is 7.14. The first-order valence-electron chi connectivity index (χ1n) is 8.08. The zero-order valence-corrected chi connectivity index (χ0v) is 14.5. The molecule has 0 fully saturated rings. The molecule has 0 saturated heterocycles. The number of nitrogen functional groups attached to an aromatic ring is 1. The van der Waals surface area contributed by atoms with Crippen LogP contribution in [0.1, 0.15) is 41.6 Å². The molecular formula is C20H21N3O2. The fourth-order valence-corrected chi connectivity index (χ4v) is 2.57. The van der Waals surface area contributed by atoms with E-state index in [0.29, 0.717) is 22.6 Å². The first-order chi connectivity index (χ1) is 11.7. The lowest BCUT2D eigenvalue weighted by Crippen LogP contribution is -2.20. The molecule has 3 aromatic rings. The molecule has 0 unspecified atom stereocenters. The molecule has 0 saturated carbocycles. The van der Waals surface area contributed by atoms with Crippen molar-refractivity contribution in [2.24, 2.45) is 5.41 Å². The monoisotopic (exact) mass is 335 g/mol. The Bertz CT molecular complexity index is 947. The number of fused-ring (bicyclic) bond motifs is 1. The molecule has 3 rings (SSSR count). The Morgan fingerprint density at radius 2 is 1.68 bits per heavy atom. The molecule has 0 spiro atoms. The summed E-state index contributed by atoms with van der Waals surface area (Å²) >= 11 is 0. The largest absolute Gasteiger partial charge is 0.399 e. The number of rotatable bonds is 3. The van der Waals surface area contributed by atoms with E-state index in [2.05, 4.69) is 10.3 Å². The summed E-state index contributed by atoms with van der Waals surface area (Å²) in [6.07, 6.45) is 0. The quantitative estimate of drug-likeness (QED) is 0.494. The lowest BCUT2D eigenvalue weighted by molar-refractivity contribution is 0.0853. The lowest BCUT2D eigenvalue weighted by atomic mass is 9.89. The fourth-order valence-electron chi connectivity index (χ4n) is 2.57. The third-order valence-electron chi connectivity index (χ3n) is 3.98. The van der Waals surface area contributed by atoms with Gasteiger partial charge in [-0.3, -0.25) is 9.59 Å². The van der Waals surface area contributed by atoms with E-state index in [1.165, 1.54) is 0 Å². The predicted octanol–water partition coefficient (Wildman–Crippen LogP) is 4.23. The van der Waals surface area contributed by atoms with Gasteiger partial charge in [-0.1, -0.05) is 20.8 Å². The first kappa shape index (κ1) is 16.8. The van der Waals surface area contributed by atoms with Gasteiger partial charge in [0.25, 0.3) is 5.91 Å². The van der Waals surface area contributed by atoms with Crippen molar-refractivity contribution in [3.63, 3.8) is 0 Å². The zero-order valence-electron chi connectivity index (χ0n) is 14.5. The van der Waals surface area contributed by atoms with Crippen LogP contribution in [0, 0.1) is 5.41 Å². The minimum Gasteiger partial charge on any atom is -0.399 e. The molecule has 0 atom stereocenters. The number of carbonyl (C=O) groups excluding carboxylic acids is 2. The third-order valence-corrected chi connectivity index (χ3v) is 3.98. The molecule has 0 aliphatic rings. The summed E-state index contributed by atoms with van der Waals surface area (Å²) in [4.78, 5) is 27.8. The van der Waals surface area contributed by atoms with Gasteiger partial charge in [-0.2, -0.15) is 0 Å². The van der Waals surface area contributed by atoms with Gasteiger partial charge in [0.2, 0.25) is 0 Å². The van der Waals surface area contributed by atoms with Crippen molar-refractivity contribution < 1.29 is 9.59 Å². The van der Waals surface area contributed by atoms with Crippen molar-refractivity contribution in [1.29, 1.82) is 0 Å². The van der Waals surface area contributed by atoms with Crippen LogP contribution in [0.4, 0.5) is 11.4 Å². The molecule has 1 aromatic heterocycles. The molecule has 4 N–H and O–H groups in total. The molecular weight excluding hydrogens is 314 g/mol. The number of aromatic amines is 1. The van der Waals surface area contributed by atoms with Crippen LogP contribution >= 0.6 is 0 Å². The number of nitrogens with two attached hydrogens (primary N) is 1.